The summed E-state index contributed by atoms with van der Waals surface area (Å²) in [7, 11) is 1.50. The van der Waals surface area contributed by atoms with Gasteiger partial charge >= 0.3 is 0 Å². The highest BCUT2D eigenvalue weighted by Gasteiger charge is 2.24. The van der Waals surface area contributed by atoms with E-state index in [4.69, 9.17) is 44.3 Å². The lowest BCUT2D eigenvalue weighted by Crippen LogP contribution is -2.23. The van der Waals surface area contributed by atoms with Crippen LogP contribution in [0.25, 0.3) is 11.1 Å². The van der Waals surface area contributed by atoms with Crippen LogP contribution in [-0.2, 0) is 17.8 Å². The molecule has 0 saturated carbocycles. The van der Waals surface area contributed by atoms with Crippen molar-refractivity contribution in [2.45, 2.75) is 13.1 Å². The van der Waals surface area contributed by atoms with Crippen LogP contribution in [0.4, 0.5) is 0 Å². The zero-order valence-electron chi connectivity index (χ0n) is 11.7. The number of hydrogen-bond acceptors (Lipinski definition) is 3. The molecule has 0 radical (unpaired) electrons. The van der Waals surface area contributed by atoms with Gasteiger partial charge in [0.2, 0.25) is 0 Å². The molecule has 1 aromatic heterocycles. The molecule has 2 aromatic rings. The van der Waals surface area contributed by atoms with Crippen molar-refractivity contribution in [3.63, 3.8) is 0 Å². The molecule has 22 heavy (non-hydrogen) atoms. The predicted molar refractivity (Wildman–Crippen MR) is 86.5 cm³/mol. The first-order valence-electron chi connectivity index (χ1n) is 6.65. The van der Waals surface area contributed by atoms with Crippen LogP contribution >= 0.6 is 34.8 Å². The summed E-state index contributed by atoms with van der Waals surface area (Å²) in [6.07, 6.45) is 0. The van der Waals surface area contributed by atoms with Crippen molar-refractivity contribution in [3.05, 3.63) is 37.7 Å². The van der Waals surface area contributed by atoms with Crippen LogP contribution in [0, 0.1) is 0 Å². The van der Waals surface area contributed by atoms with Gasteiger partial charge in [-0.05, 0) is 12.1 Å². The Bertz CT molecular complexity index is 783. The molecule has 0 fully saturated rings. The standard InChI is InChI=1S/C14H13Cl3N2O3/c1-21-11-6-8(9(15)7-10(11)16)12-13(17)18-2-4-22-5-3-19(18)14(12)20/h6-7H,2-5H2,1H3. The van der Waals surface area contributed by atoms with Crippen molar-refractivity contribution in [2.75, 3.05) is 20.3 Å². The number of hydrogen-bond donors (Lipinski definition) is 0. The van der Waals surface area contributed by atoms with Crippen LogP contribution in [0.1, 0.15) is 0 Å². The SMILES string of the molecule is COc1cc(-c2c(Cl)n3n(c2=O)CCOCC3)c(Cl)cc1Cl. The second-order valence-corrected chi connectivity index (χ2v) is 5.97. The van der Waals surface area contributed by atoms with E-state index in [1.807, 2.05) is 0 Å². The van der Waals surface area contributed by atoms with Gasteiger partial charge in [-0.15, -0.1) is 0 Å². The van der Waals surface area contributed by atoms with Gasteiger partial charge in [0.05, 0.1) is 49.0 Å². The molecule has 0 amide bonds. The smallest absolute Gasteiger partial charge is 0.276 e. The number of aromatic nitrogens is 2. The fraction of sp³-hybridized carbons (Fsp3) is 0.357. The van der Waals surface area contributed by atoms with Crippen molar-refractivity contribution >= 4 is 34.8 Å². The van der Waals surface area contributed by atoms with E-state index in [-0.39, 0.29) is 5.56 Å². The van der Waals surface area contributed by atoms with Crippen LogP contribution in [-0.4, -0.2) is 29.7 Å². The lowest BCUT2D eigenvalue weighted by Gasteiger charge is -2.08. The molecular formula is C14H13Cl3N2O3. The molecule has 118 valence electrons. The molecule has 0 bridgehead atoms. The second-order valence-electron chi connectivity index (χ2n) is 4.80. The predicted octanol–water partition coefficient (Wildman–Crippen LogP) is 3.32. The van der Waals surface area contributed by atoms with Gasteiger partial charge in [-0.2, -0.15) is 0 Å². The lowest BCUT2D eigenvalue weighted by molar-refractivity contribution is 0.137. The van der Waals surface area contributed by atoms with Crippen molar-refractivity contribution in [3.8, 4) is 16.9 Å². The van der Waals surface area contributed by atoms with E-state index in [9.17, 15) is 4.79 Å². The molecule has 1 aromatic carbocycles. The van der Waals surface area contributed by atoms with E-state index < -0.39 is 0 Å². The average molecular weight is 364 g/mol. The Morgan fingerprint density at radius 2 is 1.77 bits per heavy atom. The molecule has 0 unspecified atom stereocenters. The summed E-state index contributed by atoms with van der Waals surface area (Å²) in [6, 6.07) is 3.17. The Kier molecular flexibility index (Phi) is 4.41. The Labute approximate surface area is 141 Å². The summed E-state index contributed by atoms with van der Waals surface area (Å²) in [5.41, 5.74) is 0.650. The molecule has 0 aliphatic carbocycles. The minimum absolute atomic E-state index is 0.207. The van der Waals surface area contributed by atoms with E-state index >= 15 is 0 Å². The maximum atomic E-state index is 12.7. The fourth-order valence-corrected chi connectivity index (χ4v) is 3.42. The van der Waals surface area contributed by atoms with Crippen molar-refractivity contribution < 1.29 is 9.47 Å². The summed E-state index contributed by atoms with van der Waals surface area (Å²) in [4.78, 5) is 12.7. The van der Waals surface area contributed by atoms with Gasteiger partial charge in [-0.3, -0.25) is 9.48 Å². The van der Waals surface area contributed by atoms with E-state index in [0.717, 1.165) is 0 Å². The molecule has 0 atom stereocenters. The number of fused-ring (bicyclic) bond motifs is 1. The molecule has 0 saturated heterocycles. The summed E-state index contributed by atoms with van der Waals surface area (Å²) in [5.74, 6) is 0.436. The normalized spacial score (nSPS) is 14.5. The summed E-state index contributed by atoms with van der Waals surface area (Å²) >= 11 is 18.7. The number of benzene rings is 1. The van der Waals surface area contributed by atoms with Crippen molar-refractivity contribution in [1.29, 1.82) is 0 Å². The number of ether oxygens (including phenoxy) is 2. The number of nitrogens with zero attached hydrogens (tertiary/aromatic N) is 2. The van der Waals surface area contributed by atoms with Gasteiger partial charge in [0, 0.05) is 5.56 Å². The molecule has 0 spiro atoms. The maximum Gasteiger partial charge on any atom is 0.276 e. The summed E-state index contributed by atoms with van der Waals surface area (Å²) < 4.78 is 13.8. The van der Waals surface area contributed by atoms with Crippen LogP contribution in [0.5, 0.6) is 5.75 Å². The molecule has 5 nitrogen and oxygen atoms in total. The van der Waals surface area contributed by atoms with E-state index in [0.29, 0.717) is 58.4 Å². The topological polar surface area (TPSA) is 45.4 Å². The van der Waals surface area contributed by atoms with E-state index in [1.54, 1.807) is 21.5 Å². The van der Waals surface area contributed by atoms with Crippen molar-refractivity contribution in [2.24, 2.45) is 0 Å². The van der Waals surface area contributed by atoms with Gasteiger partial charge < -0.3 is 9.47 Å². The van der Waals surface area contributed by atoms with Gasteiger partial charge in [0.1, 0.15) is 10.9 Å². The quantitative estimate of drug-likeness (QED) is 0.822. The van der Waals surface area contributed by atoms with Crippen molar-refractivity contribution in [1.82, 2.24) is 9.36 Å². The molecule has 1 aliphatic rings. The summed E-state index contributed by atoms with van der Waals surface area (Å²) in [5, 5.41) is 1.06. The first-order valence-corrected chi connectivity index (χ1v) is 7.78. The number of methoxy groups -OCH3 is 1. The minimum atomic E-state index is -0.207. The zero-order valence-corrected chi connectivity index (χ0v) is 14.0. The Hall–Kier alpha value is -1.14. The van der Waals surface area contributed by atoms with E-state index in [2.05, 4.69) is 0 Å². The van der Waals surface area contributed by atoms with Crippen LogP contribution in [0.3, 0.4) is 0 Å². The van der Waals surface area contributed by atoms with Gasteiger partial charge in [0.25, 0.3) is 5.56 Å². The van der Waals surface area contributed by atoms with Crippen LogP contribution in [0.2, 0.25) is 15.2 Å². The number of rotatable bonds is 2. The Balaban J connectivity index is 2.24. The molecule has 0 N–H and O–H groups in total. The highest BCUT2D eigenvalue weighted by molar-refractivity contribution is 6.38. The molecule has 1 aliphatic heterocycles. The van der Waals surface area contributed by atoms with Crippen LogP contribution < -0.4 is 10.3 Å². The first kappa shape index (κ1) is 15.7. The minimum Gasteiger partial charge on any atom is -0.495 e. The lowest BCUT2D eigenvalue weighted by atomic mass is 10.1. The highest BCUT2D eigenvalue weighted by atomic mass is 35.5. The summed E-state index contributed by atoms with van der Waals surface area (Å²) in [6.45, 7) is 1.93. The van der Waals surface area contributed by atoms with Gasteiger partial charge in [-0.1, -0.05) is 34.8 Å². The maximum absolute atomic E-state index is 12.7. The van der Waals surface area contributed by atoms with Crippen LogP contribution in [0.15, 0.2) is 16.9 Å². The molecule has 8 heteroatoms. The third kappa shape index (κ3) is 2.52. The molecule has 2 heterocycles. The third-order valence-electron chi connectivity index (χ3n) is 3.58. The monoisotopic (exact) mass is 362 g/mol. The largest absolute Gasteiger partial charge is 0.495 e. The first-order chi connectivity index (χ1) is 10.5. The zero-order chi connectivity index (χ0) is 15.9. The molecule has 3 rings (SSSR count). The third-order valence-corrected chi connectivity index (χ3v) is 4.57. The number of halogens is 3. The Morgan fingerprint density at radius 1 is 1.09 bits per heavy atom. The second kappa shape index (κ2) is 6.16. The Morgan fingerprint density at radius 3 is 2.45 bits per heavy atom. The molecular weight excluding hydrogens is 351 g/mol. The van der Waals surface area contributed by atoms with Gasteiger partial charge in [-0.25, -0.2) is 4.68 Å². The fourth-order valence-electron chi connectivity index (χ4n) is 2.51. The average Bonchev–Trinajstić information content (AvgIpc) is 2.68. The highest BCUT2D eigenvalue weighted by Crippen LogP contribution is 2.38. The van der Waals surface area contributed by atoms with E-state index in [1.165, 1.54) is 7.11 Å². The van der Waals surface area contributed by atoms with Gasteiger partial charge in [0.15, 0.2) is 0 Å².